The van der Waals surface area contributed by atoms with Gasteiger partial charge in [0.05, 0.1) is 26.1 Å². The van der Waals surface area contributed by atoms with Gasteiger partial charge in [0.1, 0.15) is 5.82 Å². The summed E-state index contributed by atoms with van der Waals surface area (Å²) in [6, 6.07) is 8.92. The van der Waals surface area contributed by atoms with Gasteiger partial charge in [-0.25, -0.2) is 4.98 Å². The number of aromatic nitrogens is 1. The summed E-state index contributed by atoms with van der Waals surface area (Å²) in [6.45, 7) is 4.36. The minimum Gasteiger partial charge on any atom is -0.493 e. The number of pyridine rings is 1. The van der Waals surface area contributed by atoms with Crippen LogP contribution in [0.15, 0.2) is 36.5 Å². The van der Waals surface area contributed by atoms with Gasteiger partial charge in [0.15, 0.2) is 11.5 Å². The third kappa shape index (κ3) is 4.07. The molecule has 0 atom stereocenters. The number of methoxy groups -OCH3 is 2. The van der Waals surface area contributed by atoms with Gasteiger partial charge in [-0.1, -0.05) is 6.92 Å². The van der Waals surface area contributed by atoms with Gasteiger partial charge in [-0.05, 0) is 49.1 Å². The quantitative estimate of drug-likeness (QED) is 0.888. The van der Waals surface area contributed by atoms with Gasteiger partial charge in [-0.15, -0.1) is 0 Å². The molecule has 1 aromatic carbocycles. The Morgan fingerprint density at radius 1 is 1.12 bits per heavy atom. The highest BCUT2D eigenvalue weighted by Crippen LogP contribution is 2.28. The van der Waals surface area contributed by atoms with Gasteiger partial charge in [0, 0.05) is 18.7 Å². The zero-order valence-electron chi connectivity index (χ0n) is 15.5. The second-order valence-electron chi connectivity index (χ2n) is 6.60. The summed E-state index contributed by atoms with van der Waals surface area (Å²) in [7, 11) is 3.11. The van der Waals surface area contributed by atoms with E-state index in [-0.39, 0.29) is 5.91 Å². The van der Waals surface area contributed by atoms with Crippen LogP contribution in [0.4, 0.5) is 11.5 Å². The molecule has 1 saturated heterocycles. The van der Waals surface area contributed by atoms with Crippen molar-refractivity contribution in [3.05, 3.63) is 42.1 Å². The third-order valence-corrected chi connectivity index (χ3v) is 4.76. The maximum Gasteiger partial charge on any atom is 0.255 e. The molecule has 0 bridgehead atoms. The van der Waals surface area contributed by atoms with E-state index in [1.54, 1.807) is 38.6 Å². The number of ether oxygens (including phenoxy) is 2. The van der Waals surface area contributed by atoms with E-state index in [1.807, 2.05) is 12.1 Å². The normalized spacial score (nSPS) is 14.8. The first-order valence-corrected chi connectivity index (χ1v) is 8.85. The average Bonchev–Trinajstić information content (AvgIpc) is 2.68. The predicted octanol–water partition coefficient (Wildman–Crippen LogP) is 3.59. The molecule has 1 aliphatic heterocycles. The molecule has 0 spiro atoms. The number of nitrogens with zero attached hydrogens (tertiary/aromatic N) is 2. The Morgan fingerprint density at radius 2 is 1.85 bits per heavy atom. The molecule has 0 radical (unpaired) electrons. The van der Waals surface area contributed by atoms with Crippen molar-refractivity contribution in [2.75, 3.05) is 37.5 Å². The Bertz CT molecular complexity index is 753. The van der Waals surface area contributed by atoms with Crippen LogP contribution in [0.25, 0.3) is 0 Å². The van der Waals surface area contributed by atoms with E-state index in [2.05, 4.69) is 22.1 Å². The van der Waals surface area contributed by atoms with E-state index >= 15 is 0 Å². The van der Waals surface area contributed by atoms with Crippen LogP contribution in [0.5, 0.6) is 11.5 Å². The van der Waals surface area contributed by atoms with Crippen LogP contribution in [-0.4, -0.2) is 38.2 Å². The molecule has 1 aliphatic rings. The second-order valence-corrected chi connectivity index (χ2v) is 6.60. The van der Waals surface area contributed by atoms with Crippen LogP contribution in [0.2, 0.25) is 0 Å². The van der Waals surface area contributed by atoms with Gasteiger partial charge in [0.25, 0.3) is 5.91 Å². The summed E-state index contributed by atoms with van der Waals surface area (Å²) in [5.41, 5.74) is 1.16. The van der Waals surface area contributed by atoms with Crippen LogP contribution >= 0.6 is 0 Å². The molecule has 2 aromatic rings. The molecule has 26 heavy (non-hydrogen) atoms. The summed E-state index contributed by atoms with van der Waals surface area (Å²) in [6.07, 6.45) is 4.09. The Morgan fingerprint density at radius 3 is 2.46 bits per heavy atom. The van der Waals surface area contributed by atoms with E-state index in [4.69, 9.17) is 9.47 Å². The fraction of sp³-hybridized carbons (Fsp3) is 0.400. The monoisotopic (exact) mass is 355 g/mol. The summed E-state index contributed by atoms with van der Waals surface area (Å²) in [5.74, 6) is 2.64. The van der Waals surface area contributed by atoms with Gasteiger partial charge in [-0.3, -0.25) is 4.79 Å². The standard InChI is InChI=1S/C20H25N3O3/c1-14-8-10-23(11-9-14)19-7-5-16(13-21-19)22-20(24)15-4-6-17(25-2)18(12-15)26-3/h4-7,12-14H,8-11H2,1-3H3,(H,22,24). The molecule has 1 fully saturated rings. The number of piperidine rings is 1. The molecule has 2 heterocycles. The number of rotatable bonds is 5. The number of carbonyl (C=O) groups excluding carboxylic acids is 1. The molecule has 0 saturated carbocycles. The van der Waals surface area contributed by atoms with Crippen molar-refractivity contribution in [2.45, 2.75) is 19.8 Å². The Labute approximate surface area is 154 Å². The van der Waals surface area contributed by atoms with Crippen LogP contribution in [0.3, 0.4) is 0 Å². The summed E-state index contributed by atoms with van der Waals surface area (Å²) < 4.78 is 10.4. The zero-order chi connectivity index (χ0) is 18.5. The molecule has 1 aromatic heterocycles. The number of amides is 1. The van der Waals surface area contributed by atoms with Crippen LogP contribution in [0, 0.1) is 5.92 Å². The van der Waals surface area contributed by atoms with E-state index in [0.717, 1.165) is 24.8 Å². The van der Waals surface area contributed by atoms with Crippen molar-refractivity contribution in [1.82, 2.24) is 4.98 Å². The van der Waals surface area contributed by atoms with Crippen LogP contribution in [-0.2, 0) is 0 Å². The SMILES string of the molecule is COc1ccc(C(=O)Nc2ccc(N3CCC(C)CC3)nc2)cc1OC. The van der Waals surface area contributed by atoms with E-state index in [0.29, 0.717) is 22.7 Å². The molecule has 0 aliphatic carbocycles. The lowest BCUT2D eigenvalue weighted by atomic mass is 9.99. The highest BCUT2D eigenvalue weighted by atomic mass is 16.5. The van der Waals surface area contributed by atoms with Crippen molar-refractivity contribution in [3.8, 4) is 11.5 Å². The van der Waals surface area contributed by atoms with Crippen molar-refractivity contribution in [3.63, 3.8) is 0 Å². The molecular formula is C20H25N3O3. The maximum atomic E-state index is 12.5. The third-order valence-electron chi connectivity index (χ3n) is 4.76. The fourth-order valence-corrected chi connectivity index (χ4v) is 3.07. The molecule has 1 amide bonds. The van der Waals surface area contributed by atoms with E-state index < -0.39 is 0 Å². The lowest BCUT2D eigenvalue weighted by Gasteiger charge is -2.31. The van der Waals surface area contributed by atoms with Crippen molar-refractivity contribution in [1.29, 1.82) is 0 Å². The molecule has 0 unspecified atom stereocenters. The Balaban J connectivity index is 1.66. The zero-order valence-corrected chi connectivity index (χ0v) is 15.5. The Hall–Kier alpha value is -2.76. The molecule has 3 rings (SSSR count). The first kappa shape index (κ1) is 18.0. The van der Waals surface area contributed by atoms with Gasteiger partial charge >= 0.3 is 0 Å². The molecule has 1 N–H and O–H groups in total. The number of hydrogen-bond acceptors (Lipinski definition) is 5. The van der Waals surface area contributed by atoms with Gasteiger partial charge < -0.3 is 19.7 Å². The highest BCUT2D eigenvalue weighted by Gasteiger charge is 2.17. The maximum absolute atomic E-state index is 12.5. The van der Waals surface area contributed by atoms with Gasteiger partial charge in [-0.2, -0.15) is 0 Å². The number of hydrogen-bond donors (Lipinski definition) is 1. The number of carbonyl (C=O) groups is 1. The van der Waals surface area contributed by atoms with E-state index in [9.17, 15) is 4.79 Å². The van der Waals surface area contributed by atoms with Gasteiger partial charge in [0.2, 0.25) is 0 Å². The molecule has 6 nitrogen and oxygen atoms in total. The largest absolute Gasteiger partial charge is 0.493 e. The minimum absolute atomic E-state index is 0.215. The second kappa shape index (κ2) is 8.08. The fourth-order valence-electron chi connectivity index (χ4n) is 3.07. The average molecular weight is 355 g/mol. The number of benzene rings is 1. The summed E-state index contributed by atoms with van der Waals surface area (Å²) >= 11 is 0. The smallest absolute Gasteiger partial charge is 0.255 e. The first-order chi connectivity index (χ1) is 12.6. The topological polar surface area (TPSA) is 63.7 Å². The minimum atomic E-state index is -0.215. The molecular weight excluding hydrogens is 330 g/mol. The van der Waals surface area contributed by atoms with Crippen LogP contribution in [0.1, 0.15) is 30.1 Å². The van der Waals surface area contributed by atoms with Crippen LogP contribution < -0.4 is 19.7 Å². The summed E-state index contributed by atoms with van der Waals surface area (Å²) in [5, 5.41) is 2.87. The lowest BCUT2D eigenvalue weighted by molar-refractivity contribution is 0.102. The summed E-state index contributed by atoms with van der Waals surface area (Å²) in [4.78, 5) is 19.3. The molecule has 6 heteroatoms. The van der Waals surface area contributed by atoms with E-state index in [1.165, 1.54) is 12.8 Å². The molecule has 138 valence electrons. The predicted molar refractivity (Wildman–Crippen MR) is 102 cm³/mol. The number of anilines is 2. The Kier molecular flexibility index (Phi) is 5.61. The lowest BCUT2D eigenvalue weighted by Crippen LogP contribution is -2.33. The van der Waals surface area contributed by atoms with Crippen molar-refractivity contribution in [2.24, 2.45) is 5.92 Å². The van der Waals surface area contributed by atoms with Crippen molar-refractivity contribution >= 4 is 17.4 Å². The van der Waals surface area contributed by atoms with Crippen molar-refractivity contribution < 1.29 is 14.3 Å². The first-order valence-electron chi connectivity index (χ1n) is 8.85. The number of nitrogens with one attached hydrogen (secondary N) is 1. The highest BCUT2D eigenvalue weighted by molar-refractivity contribution is 6.04.